The molecule has 1 saturated heterocycles. The van der Waals surface area contributed by atoms with Crippen LogP contribution in [0.4, 0.5) is 11.4 Å². The topological polar surface area (TPSA) is 98.2 Å². The Balaban J connectivity index is 1.87. The van der Waals surface area contributed by atoms with Gasteiger partial charge < -0.3 is 11.5 Å². The van der Waals surface area contributed by atoms with E-state index in [-0.39, 0.29) is 23.7 Å². The van der Waals surface area contributed by atoms with Crippen molar-refractivity contribution in [2.75, 3.05) is 11.5 Å². The average molecular weight is 374 g/mol. The number of nitrogen functional groups attached to an aromatic ring is 2. The molecule has 0 spiro atoms. The van der Waals surface area contributed by atoms with Crippen molar-refractivity contribution in [2.24, 2.45) is 11.8 Å². The Morgan fingerprint density at radius 3 is 2.19 bits per heavy atom. The summed E-state index contributed by atoms with van der Waals surface area (Å²) >= 11 is 0. The second kappa shape index (κ2) is 11.0. The molecule has 27 heavy (non-hydrogen) atoms. The molecule has 2 unspecified atom stereocenters. The molecule has 0 bridgehead atoms. The third kappa shape index (κ3) is 7.24. The van der Waals surface area contributed by atoms with E-state index >= 15 is 0 Å². The van der Waals surface area contributed by atoms with Crippen LogP contribution in [-0.4, -0.2) is 11.8 Å². The number of carbonyl (C=O) groups excluding carboxylic acids is 2. The smallest absolute Gasteiger partial charge is 0.230 e. The zero-order valence-electron chi connectivity index (χ0n) is 16.6. The molecule has 5 N–H and O–H groups in total. The van der Waals surface area contributed by atoms with Crippen LogP contribution in [0.15, 0.2) is 18.2 Å². The Morgan fingerprint density at radius 2 is 1.59 bits per heavy atom. The van der Waals surface area contributed by atoms with Crippen molar-refractivity contribution in [1.29, 1.82) is 0 Å². The van der Waals surface area contributed by atoms with Gasteiger partial charge in [0.1, 0.15) is 0 Å². The molecule has 0 saturated carbocycles. The van der Waals surface area contributed by atoms with Gasteiger partial charge >= 0.3 is 0 Å². The van der Waals surface area contributed by atoms with E-state index in [0.717, 1.165) is 31.2 Å². The average Bonchev–Trinajstić information content (AvgIpc) is 2.94. The first-order valence-electron chi connectivity index (χ1n) is 10.5. The first-order valence-corrected chi connectivity index (χ1v) is 10.5. The Bertz CT molecular complexity index is 610. The number of carbonyl (C=O) groups is 2. The van der Waals surface area contributed by atoms with E-state index < -0.39 is 0 Å². The lowest BCUT2D eigenvalue weighted by atomic mass is 9.82. The standard InChI is InChI=1S/C22H35N3O2/c1-2-3-4-5-6-7-8-9-17(20-15-21(26)25-22(20)27)11-10-16-12-18(23)14-19(24)13-16/h12-14,17,20H,2-11,15,23-24H2,1H3,(H,25,26,27). The summed E-state index contributed by atoms with van der Waals surface area (Å²) in [5.74, 6) is -0.187. The highest BCUT2D eigenvalue weighted by Gasteiger charge is 2.36. The van der Waals surface area contributed by atoms with Crippen LogP contribution < -0.4 is 16.8 Å². The monoisotopic (exact) mass is 373 g/mol. The molecule has 1 heterocycles. The number of hydrogen-bond acceptors (Lipinski definition) is 4. The van der Waals surface area contributed by atoms with E-state index in [1.165, 1.54) is 38.5 Å². The number of nitrogens with two attached hydrogens (primary N) is 2. The maximum Gasteiger partial charge on any atom is 0.230 e. The minimum atomic E-state index is -0.184. The second-order valence-corrected chi connectivity index (χ2v) is 7.94. The fraction of sp³-hybridized carbons (Fsp3) is 0.636. The van der Waals surface area contributed by atoms with Crippen molar-refractivity contribution >= 4 is 23.2 Å². The van der Waals surface area contributed by atoms with Crippen LogP contribution in [-0.2, 0) is 16.0 Å². The molecular formula is C22H35N3O2. The molecule has 0 aromatic heterocycles. The molecule has 150 valence electrons. The molecule has 5 heteroatoms. The molecule has 1 fully saturated rings. The Morgan fingerprint density at radius 1 is 0.963 bits per heavy atom. The second-order valence-electron chi connectivity index (χ2n) is 7.94. The zero-order valence-corrected chi connectivity index (χ0v) is 16.6. The van der Waals surface area contributed by atoms with Gasteiger partial charge in [-0.3, -0.25) is 14.9 Å². The maximum absolute atomic E-state index is 12.2. The third-order valence-electron chi connectivity index (χ3n) is 5.59. The summed E-state index contributed by atoms with van der Waals surface area (Å²) in [5.41, 5.74) is 14.2. The van der Waals surface area contributed by atoms with Gasteiger partial charge in [-0.15, -0.1) is 0 Å². The Kier molecular flexibility index (Phi) is 8.62. The van der Waals surface area contributed by atoms with Crippen LogP contribution in [0.5, 0.6) is 0 Å². The SMILES string of the molecule is CCCCCCCCCC(CCc1cc(N)cc(N)c1)C1CC(=O)NC1=O. The van der Waals surface area contributed by atoms with Gasteiger partial charge in [0.25, 0.3) is 0 Å². The highest BCUT2D eigenvalue weighted by Crippen LogP contribution is 2.30. The molecule has 2 amide bonds. The van der Waals surface area contributed by atoms with E-state index in [4.69, 9.17) is 11.5 Å². The number of amides is 2. The molecule has 0 radical (unpaired) electrons. The van der Waals surface area contributed by atoms with E-state index in [2.05, 4.69) is 12.2 Å². The predicted octanol–water partition coefficient (Wildman–Crippen LogP) is 4.20. The summed E-state index contributed by atoms with van der Waals surface area (Å²) < 4.78 is 0. The molecule has 1 aromatic rings. The highest BCUT2D eigenvalue weighted by molar-refractivity contribution is 6.03. The molecule has 1 aliphatic rings. The summed E-state index contributed by atoms with van der Waals surface area (Å²) in [4.78, 5) is 23.8. The van der Waals surface area contributed by atoms with Gasteiger partial charge in [0.15, 0.2) is 0 Å². The summed E-state index contributed by atoms with van der Waals surface area (Å²) in [6, 6.07) is 5.64. The van der Waals surface area contributed by atoms with Crippen LogP contribution in [0.25, 0.3) is 0 Å². The van der Waals surface area contributed by atoms with Crippen molar-refractivity contribution < 1.29 is 9.59 Å². The minimum absolute atomic E-state index is 0.0972. The first kappa shape index (κ1) is 21.3. The summed E-state index contributed by atoms with van der Waals surface area (Å²) in [7, 11) is 0. The number of aryl methyl sites for hydroxylation is 1. The Hall–Kier alpha value is -2.04. The fourth-order valence-corrected chi connectivity index (χ4v) is 4.11. The van der Waals surface area contributed by atoms with Crippen LogP contribution in [0.3, 0.4) is 0 Å². The number of unbranched alkanes of at least 4 members (excludes halogenated alkanes) is 6. The van der Waals surface area contributed by atoms with Gasteiger partial charge in [-0.1, -0.05) is 51.9 Å². The first-order chi connectivity index (χ1) is 13.0. The largest absolute Gasteiger partial charge is 0.399 e. The number of anilines is 2. The number of benzene rings is 1. The summed E-state index contributed by atoms with van der Waals surface area (Å²) in [6.45, 7) is 2.23. The maximum atomic E-state index is 12.2. The fourth-order valence-electron chi connectivity index (χ4n) is 4.11. The number of rotatable bonds is 12. The Labute approximate surface area is 163 Å². The van der Waals surface area contributed by atoms with Crippen molar-refractivity contribution in [3.8, 4) is 0 Å². The quantitative estimate of drug-likeness (QED) is 0.290. The van der Waals surface area contributed by atoms with Gasteiger partial charge in [0.2, 0.25) is 11.8 Å². The van der Waals surface area contributed by atoms with Gasteiger partial charge in [-0.05, 0) is 48.9 Å². The normalized spacial score (nSPS) is 17.9. The van der Waals surface area contributed by atoms with Gasteiger partial charge in [0.05, 0.1) is 0 Å². The van der Waals surface area contributed by atoms with Gasteiger partial charge in [-0.2, -0.15) is 0 Å². The van der Waals surface area contributed by atoms with Crippen molar-refractivity contribution in [1.82, 2.24) is 5.32 Å². The minimum Gasteiger partial charge on any atom is -0.399 e. The molecule has 1 aromatic carbocycles. The molecule has 2 rings (SSSR count). The van der Waals surface area contributed by atoms with Crippen molar-refractivity contribution in [2.45, 2.75) is 77.6 Å². The molecule has 0 aliphatic carbocycles. The lowest BCUT2D eigenvalue weighted by molar-refractivity contribution is -0.126. The molecule has 5 nitrogen and oxygen atoms in total. The van der Waals surface area contributed by atoms with Crippen molar-refractivity contribution in [3.63, 3.8) is 0 Å². The summed E-state index contributed by atoms with van der Waals surface area (Å²) in [6.07, 6.45) is 11.8. The van der Waals surface area contributed by atoms with Crippen LogP contribution in [0, 0.1) is 11.8 Å². The van der Waals surface area contributed by atoms with Gasteiger partial charge in [-0.25, -0.2) is 0 Å². The van der Waals surface area contributed by atoms with Crippen LogP contribution in [0.1, 0.15) is 76.7 Å². The highest BCUT2D eigenvalue weighted by atomic mass is 16.2. The van der Waals surface area contributed by atoms with E-state index in [1.807, 2.05) is 12.1 Å². The number of nitrogens with one attached hydrogen (secondary N) is 1. The number of hydrogen-bond donors (Lipinski definition) is 3. The van der Waals surface area contributed by atoms with Gasteiger partial charge in [0, 0.05) is 23.7 Å². The van der Waals surface area contributed by atoms with Crippen molar-refractivity contribution in [3.05, 3.63) is 23.8 Å². The zero-order chi connectivity index (χ0) is 19.6. The van der Waals surface area contributed by atoms with E-state index in [9.17, 15) is 9.59 Å². The van der Waals surface area contributed by atoms with Crippen LogP contribution in [0.2, 0.25) is 0 Å². The molecule has 2 atom stereocenters. The van der Waals surface area contributed by atoms with Crippen LogP contribution >= 0.6 is 0 Å². The lowest BCUT2D eigenvalue weighted by Crippen LogP contribution is -2.26. The van der Waals surface area contributed by atoms with E-state index in [0.29, 0.717) is 17.8 Å². The molecule has 1 aliphatic heterocycles. The van der Waals surface area contributed by atoms with E-state index in [1.54, 1.807) is 6.07 Å². The third-order valence-corrected chi connectivity index (χ3v) is 5.59. The predicted molar refractivity (Wildman–Crippen MR) is 111 cm³/mol. The molecular weight excluding hydrogens is 338 g/mol. The number of imide groups is 1. The lowest BCUT2D eigenvalue weighted by Gasteiger charge is -2.21. The summed E-state index contributed by atoms with van der Waals surface area (Å²) in [5, 5.41) is 2.47.